The Morgan fingerprint density at radius 2 is 1.79 bits per heavy atom. The summed E-state index contributed by atoms with van der Waals surface area (Å²) in [6.07, 6.45) is 0.387. The lowest BCUT2D eigenvalue weighted by Crippen LogP contribution is -2.46. The molecule has 0 spiro atoms. The predicted octanol–water partition coefficient (Wildman–Crippen LogP) is 3.55. The van der Waals surface area contributed by atoms with Gasteiger partial charge in [-0.1, -0.05) is 30.3 Å². The first-order chi connectivity index (χ1) is 11.6. The first-order valence-corrected chi connectivity index (χ1v) is 8.43. The molecule has 3 heterocycles. The van der Waals surface area contributed by atoms with Gasteiger partial charge in [0.15, 0.2) is 5.82 Å². The van der Waals surface area contributed by atoms with E-state index in [9.17, 15) is 0 Å². The molecule has 0 bridgehead atoms. The minimum absolute atomic E-state index is 0.193. The van der Waals surface area contributed by atoms with Crippen molar-refractivity contribution in [1.82, 2.24) is 15.0 Å². The van der Waals surface area contributed by atoms with E-state index in [4.69, 9.17) is 14.7 Å². The molecule has 1 aromatic carbocycles. The highest BCUT2D eigenvalue weighted by Crippen LogP contribution is 2.30. The van der Waals surface area contributed by atoms with Crippen LogP contribution in [0.5, 0.6) is 0 Å². The summed E-state index contributed by atoms with van der Waals surface area (Å²) in [5, 5.41) is 1.08. The van der Waals surface area contributed by atoms with E-state index in [2.05, 4.69) is 36.7 Å². The molecule has 0 aliphatic carbocycles. The fraction of sp³-hybridized carbons (Fsp3) is 0.368. The number of nitrogens with zero attached hydrogens (tertiary/aromatic N) is 3. The zero-order valence-corrected chi connectivity index (χ0v) is 14.3. The van der Waals surface area contributed by atoms with Gasteiger partial charge in [0.2, 0.25) is 0 Å². The SMILES string of the molecule is Cc1cc2c(N3CC(C)OC(C)C3)nc(-c3ccccc3)nc2[nH]1. The van der Waals surface area contributed by atoms with Crippen LogP contribution >= 0.6 is 0 Å². The zero-order chi connectivity index (χ0) is 16.7. The number of hydrogen-bond donors (Lipinski definition) is 1. The third-order valence-electron chi connectivity index (χ3n) is 4.35. The predicted molar refractivity (Wildman–Crippen MR) is 96.3 cm³/mol. The molecule has 0 amide bonds. The Labute approximate surface area is 141 Å². The average molecular weight is 322 g/mol. The van der Waals surface area contributed by atoms with E-state index in [0.717, 1.165) is 47.0 Å². The van der Waals surface area contributed by atoms with Crippen LogP contribution in [0.15, 0.2) is 36.4 Å². The van der Waals surface area contributed by atoms with Crippen molar-refractivity contribution in [3.8, 4) is 11.4 Å². The van der Waals surface area contributed by atoms with Gasteiger partial charge in [-0.25, -0.2) is 9.97 Å². The minimum Gasteiger partial charge on any atom is -0.372 e. The second-order valence-corrected chi connectivity index (χ2v) is 6.61. The topological polar surface area (TPSA) is 54.0 Å². The Hall–Kier alpha value is -2.40. The van der Waals surface area contributed by atoms with Crippen LogP contribution < -0.4 is 4.90 Å². The molecule has 2 unspecified atom stereocenters. The first-order valence-electron chi connectivity index (χ1n) is 8.43. The van der Waals surface area contributed by atoms with Crippen molar-refractivity contribution < 1.29 is 4.74 Å². The van der Waals surface area contributed by atoms with E-state index in [1.165, 1.54) is 0 Å². The molecule has 5 heteroatoms. The first kappa shape index (κ1) is 15.1. The molecule has 124 valence electrons. The van der Waals surface area contributed by atoms with Gasteiger partial charge in [-0.05, 0) is 26.8 Å². The molecule has 0 radical (unpaired) electrons. The van der Waals surface area contributed by atoms with Gasteiger partial charge < -0.3 is 14.6 Å². The van der Waals surface area contributed by atoms with Crippen LogP contribution in [-0.4, -0.2) is 40.2 Å². The smallest absolute Gasteiger partial charge is 0.163 e. The Bertz CT molecular complexity index is 848. The number of morpholine rings is 1. The molecule has 3 aromatic rings. The summed E-state index contributed by atoms with van der Waals surface area (Å²) in [5.74, 6) is 1.75. The number of aromatic nitrogens is 3. The van der Waals surface area contributed by atoms with Gasteiger partial charge in [0.05, 0.1) is 17.6 Å². The summed E-state index contributed by atoms with van der Waals surface area (Å²) >= 11 is 0. The third kappa shape index (κ3) is 2.76. The molecule has 1 saturated heterocycles. The van der Waals surface area contributed by atoms with Gasteiger partial charge in [0.25, 0.3) is 0 Å². The molecule has 1 aliphatic rings. The Morgan fingerprint density at radius 1 is 1.08 bits per heavy atom. The van der Waals surface area contributed by atoms with Crippen LogP contribution in [-0.2, 0) is 4.74 Å². The molecular formula is C19H22N4O. The van der Waals surface area contributed by atoms with Crippen LogP contribution in [0.2, 0.25) is 0 Å². The number of rotatable bonds is 2. The van der Waals surface area contributed by atoms with Gasteiger partial charge >= 0.3 is 0 Å². The van der Waals surface area contributed by atoms with Gasteiger partial charge in [-0.2, -0.15) is 0 Å². The summed E-state index contributed by atoms with van der Waals surface area (Å²) in [6, 6.07) is 12.3. The number of ether oxygens (including phenoxy) is 1. The largest absolute Gasteiger partial charge is 0.372 e. The normalized spacial score (nSPS) is 21.4. The Balaban J connectivity index is 1.86. The summed E-state index contributed by atoms with van der Waals surface area (Å²) in [4.78, 5) is 15.3. The standard InChI is InChI=1S/C19H22N4O/c1-12-9-16-18(20-12)21-17(15-7-5-4-6-8-15)22-19(16)23-10-13(2)24-14(3)11-23/h4-9,13-14H,10-11H2,1-3H3,(H,20,21,22). The average Bonchev–Trinajstić information content (AvgIpc) is 2.94. The maximum Gasteiger partial charge on any atom is 0.163 e. The van der Waals surface area contributed by atoms with Gasteiger partial charge in [0, 0.05) is 24.3 Å². The Morgan fingerprint density at radius 3 is 2.50 bits per heavy atom. The molecule has 2 aromatic heterocycles. The molecule has 0 saturated carbocycles. The lowest BCUT2D eigenvalue weighted by atomic mass is 10.2. The molecule has 1 N–H and O–H groups in total. The summed E-state index contributed by atoms with van der Waals surface area (Å²) in [5.41, 5.74) is 3.02. The minimum atomic E-state index is 0.193. The van der Waals surface area contributed by atoms with Crippen LogP contribution in [0.4, 0.5) is 5.82 Å². The Kier molecular flexibility index (Phi) is 3.73. The maximum atomic E-state index is 5.88. The number of benzene rings is 1. The highest BCUT2D eigenvalue weighted by molar-refractivity contribution is 5.90. The summed E-state index contributed by atoms with van der Waals surface area (Å²) in [7, 11) is 0. The maximum absolute atomic E-state index is 5.88. The summed E-state index contributed by atoms with van der Waals surface area (Å²) < 4.78 is 5.88. The quantitative estimate of drug-likeness (QED) is 0.784. The monoisotopic (exact) mass is 322 g/mol. The fourth-order valence-electron chi connectivity index (χ4n) is 3.43. The van der Waals surface area contributed by atoms with Crippen LogP contribution in [0.25, 0.3) is 22.4 Å². The van der Waals surface area contributed by atoms with E-state index in [-0.39, 0.29) is 12.2 Å². The van der Waals surface area contributed by atoms with Crippen LogP contribution in [0, 0.1) is 6.92 Å². The van der Waals surface area contributed by atoms with E-state index >= 15 is 0 Å². The van der Waals surface area contributed by atoms with Gasteiger partial charge in [0.1, 0.15) is 11.5 Å². The molecule has 2 atom stereocenters. The van der Waals surface area contributed by atoms with Crippen molar-refractivity contribution in [3.05, 3.63) is 42.1 Å². The van der Waals surface area contributed by atoms with Crippen molar-refractivity contribution in [2.75, 3.05) is 18.0 Å². The number of fused-ring (bicyclic) bond motifs is 1. The van der Waals surface area contributed by atoms with Crippen molar-refractivity contribution in [2.45, 2.75) is 33.0 Å². The van der Waals surface area contributed by atoms with Crippen LogP contribution in [0.1, 0.15) is 19.5 Å². The number of aromatic amines is 1. The number of anilines is 1. The van der Waals surface area contributed by atoms with E-state index in [1.54, 1.807) is 0 Å². The van der Waals surface area contributed by atoms with E-state index in [1.807, 2.05) is 30.3 Å². The van der Waals surface area contributed by atoms with E-state index < -0.39 is 0 Å². The van der Waals surface area contributed by atoms with Crippen molar-refractivity contribution in [2.24, 2.45) is 0 Å². The molecular weight excluding hydrogens is 300 g/mol. The van der Waals surface area contributed by atoms with Crippen molar-refractivity contribution >= 4 is 16.9 Å². The van der Waals surface area contributed by atoms with Crippen LogP contribution in [0.3, 0.4) is 0 Å². The zero-order valence-electron chi connectivity index (χ0n) is 14.3. The van der Waals surface area contributed by atoms with Crippen molar-refractivity contribution in [1.29, 1.82) is 0 Å². The highest BCUT2D eigenvalue weighted by Gasteiger charge is 2.25. The highest BCUT2D eigenvalue weighted by atomic mass is 16.5. The van der Waals surface area contributed by atoms with Gasteiger partial charge in [-0.15, -0.1) is 0 Å². The van der Waals surface area contributed by atoms with Crippen molar-refractivity contribution in [3.63, 3.8) is 0 Å². The van der Waals surface area contributed by atoms with Gasteiger partial charge in [-0.3, -0.25) is 0 Å². The molecule has 24 heavy (non-hydrogen) atoms. The number of nitrogens with one attached hydrogen (secondary N) is 1. The van der Waals surface area contributed by atoms with E-state index in [0.29, 0.717) is 0 Å². The molecule has 1 fully saturated rings. The number of H-pyrrole nitrogens is 1. The molecule has 4 rings (SSSR count). The number of hydrogen-bond acceptors (Lipinski definition) is 4. The molecule has 5 nitrogen and oxygen atoms in total. The summed E-state index contributed by atoms with van der Waals surface area (Å²) in [6.45, 7) is 7.96. The lowest BCUT2D eigenvalue weighted by Gasteiger charge is -2.36. The second kappa shape index (κ2) is 5.91. The third-order valence-corrected chi connectivity index (χ3v) is 4.35. The second-order valence-electron chi connectivity index (χ2n) is 6.61. The fourth-order valence-corrected chi connectivity index (χ4v) is 3.43. The lowest BCUT2D eigenvalue weighted by molar-refractivity contribution is -0.00536. The number of aryl methyl sites for hydroxylation is 1. The molecule has 1 aliphatic heterocycles.